The fraction of sp³-hybridized carbons (Fsp3) is 0.609. The number of amides is 1. The lowest BCUT2D eigenvalue weighted by atomic mass is 9.93. The van der Waals surface area contributed by atoms with Crippen LogP contribution in [0.1, 0.15) is 74.1 Å². The van der Waals surface area contributed by atoms with Crippen LogP contribution in [0, 0.1) is 5.92 Å². The van der Waals surface area contributed by atoms with E-state index in [1.807, 2.05) is 22.7 Å². The molecular weight excluding hydrogens is 398 g/mol. The van der Waals surface area contributed by atoms with Gasteiger partial charge in [-0.15, -0.1) is 17.5 Å². The first-order valence-electron chi connectivity index (χ1n) is 11.0. The van der Waals surface area contributed by atoms with Crippen molar-refractivity contribution < 1.29 is 4.79 Å². The van der Waals surface area contributed by atoms with Gasteiger partial charge in [0.2, 0.25) is 0 Å². The van der Waals surface area contributed by atoms with E-state index in [4.69, 9.17) is 0 Å². The van der Waals surface area contributed by atoms with Crippen molar-refractivity contribution in [2.45, 2.75) is 58.8 Å². The van der Waals surface area contributed by atoms with Gasteiger partial charge in [-0.3, -0.25) is 4.79 Å². The summed E-state index contributed by atoms with van der Waals surface area (Å²) in [5.41, 5.74) is 3.69. The van der Waals surface area contributed by atoms with Gasteiger partial charge < -0.3 is 10.2 Å². The molecule has 0 atom stereocenters. The molecule has 3 rings (SSSR count). The Morgan fingerprint density at radius 2 is 2.00 bits per heavy atom. The summed E-state index contributed by atoms with van der Waals surface area (Å²) in [6.07, 6.45) is 5.06. The molecule has 0 saturated carbocycles. The van der Waals surface area contributed by atoms with Crippen LogP contribution in [0.4, 0.5) is 0 Å². The van der Waals surface area contributed by atoms with E-state index >= 15 is 0 Å². The standard InChI is InChI=1S/C23H35N5O.ClH/c1-5-7-21-22(23(29)27-14-11-18(12-15-27)10-13-24-4)25-26-28(21)20-9-6-8-19(16-20)17(2)3;/h6,8-9,16-18,24H,5,7,10-15H2,1-4H3;1H. The average Bonchev–Trinajstić information content (AvgIpc) is 3.16. The van der Waals surface area contributed by atoms with Crippen LogP contribution in [0.15, 0.2) is 24.3 Å². The normalized spacial score (nSPS) is 14.8. The van der Waals surface area contributed by atoms with Crippen molar-refractivity contribution in [2.75, 3.05) is 26.7 Å². The number of carbonyl (C=O) groups is 1. The highest BCUT2D eigenvalue weighted by molar-refractivity contribution is 5.93. The Labute approximate surface area is 186 Å². The summed E-state index contributed by atoms with van der Waals surface area (Å²) in [5.74, 6) is 1.18. The minimum Gasteiger partial charge on any atom is -0.337 e. The summed E-state index contributed by atoms with van der Waals surface area (Å²) in [4.78, 5) is 15.2. The Morgan fingerprint density at radius 1 is 1.27 bits per heavy atom. The van der Waals surface area contributed by atoms with Crippen LogP contribution in [0.2, 0.25) is 0 Å². The van der Waals surface area contributed by atoms with Crippen LogP contribution in [0.25, 0.3) is 5.69 Å². The van der Waals surface area contributed by atoms with E-state index in [2.05, 4.69) is 54.6 Å². The Hall–Kier alpha value is -1.92. The van der Waals surface area contributed by atoms with Crippen molar-refractivity contribution in [1.29, 1.82) is 0 Å². The van der Waals surface area contributed by atoms with Crippen LogP contribution in [0.3, 0.4) is 0 Å². The van der Waals surface area contributed by atoms with Gasteiger partial charge >= 0.3 is 0 Å². The van der Waals surface area contributed by atoms with Crippen molar-refractivity contribution in [3.05, 3.63) is 41.2 Å². The SMILES string of the molecule is CCCc1c(C(=O)N2CCC(CCNC)CC2)nnn1-c1cccc(C(C)C)c1.Cl. The summed E-state index contributed by atoms with van der Waals surface area (Å²) >= 11 is 0. The second-order valence-corrected chi connectivity index (χ2v) is 8.42. The number of aromatic nitrogens is 3. The van der Waals surface area contributed by atoms with Crippen LogP contribution >= 0.6 is 12.4 Å². The van der Waals surface area contributed by atoms with Crippen LogP contribution in [-0.4, -0.2) is 52.5 Å². The molecule has 1 amide bonds. The predicted molar refractivity (Wildman–Crippen MR) is 124 cm³/mol. The van der Waals surface area contributed by atoms with Gasteiger partial charge in [0.25, 0.3) is 5.91 Å². The van der Waals surface area contributed by atoms with Crippen molar-refractivity contribution in [1.82, 2.24) is 25.2 Å². The molecule has 2 aromatic rings. The highest BCUT2D eigenvalue weighted by atomic mass is 35.5. The molecular formula is C23H36ClN5O. The molecule has 0 bridgehead atoms. The number of hydrogen-bond acceptors (Lipinski definition) is 4. The quantitative estimate of drug-likeness (QED) is 0.676. The molecule has 1 saturated heterocycles. The second-order valence-electron chi connectivity index (χ2n) is 8.42. The Balaban J connectivity index is 0.00000320. The minimum atomic E-state index is 0. The molecule has 1 aromatic carbocycles. The summed E-state index contributed by atoms with van der Waals surface area (Å²) in [5, 5.41) is 12.0. The highest BCUT2D eigenvalue weighted by Gasteiger charge is 2.28. The summed E-state index contributed by atoms with van der Waals surface area (Å²) in [6.45, 7) is 9.17. The number of piperidine rings is 1. The summed E-state index contributed by atoms with van der Waals surface area (Å²) < 4.78 is 1.86. The first kappa shape index (κ1) is 24.4. The van der Waals surface area contributed by atoms with E-state index in [-0.39, 0.29) is 18.3 Å². The number of carbonyl (C=O) groups excluding carboxylic acids is 1. The largest absolute Gasteiger partial charge is 0.337 e. The van der Waals surface area contributed by atoms with Gasteiger partial charge in [-0.1, -0.05) is 44.5 Å². The third-order valence-corrected chi connectivity index (χ3v) is 5.94. The van der Waals surface area contributed by atoms with Gasteiger partial charge in [0.05, 0.1) is 11.4 Å². The van der Waals surface area contributed by atoms with Crippen LogP contribution in [0.5, 0.6) is 0 Å². The zero-order chi connectivity index (χ0) is 20.8. The Kier molecular flexibility index (Phi) is 9.31. The van der Waals surface area contributed by atoms with Gasteiger partial charge in [-0.2, -0.15) is 0 Å². The second kappa shape index (κ2) is 11.5. The number of rotatable bonds is 8. The fourth-order valence-corrected chi connectivity index (χ4v) is 4.07. The molecule has 7 heteroatoms. The van der Waals surface area contributed by atoms with Gasteiger partial charge in [0.15, 0.2) is 5.69 Å². The molecule has 1 aliphatic heterocycles. The number of benzene rings is 1. The lowest BCUT2D eigenvalue weighted by molar-refractivity contribution is 0.0680. The molecule has 0 aliphatic carbocycles. The maximum atomic E-state index is 13.2. The van der Waals surface area contributed by atoms with E-state index in [9.17, 15) is 4.79 Å². The molecule has 30 heavy (non-hydrogen) atoms. The van der Waals surface area contributed by atoms with Crippen molar-refractivity contribution in [3.8, 4) is 5.69 Å². The maximum absolute atomic E-state index is 13.2. The summed E-state index contributed by atoms with van der Waals surface area (Å²) in [7, 11) is 1.99. The highest BCUT2D eigenvalue weighted by Crippen LogP contribution is 2.24. The molecule has 0 radical (unpaired) electrons. The number of halogens is 1. The van der Waals surface area contributed by atoms with E-state index in [0.717, 1.165) is 56.7 Å². The van der Waals surface area contributed by atoms with E-state index in [0.29, 0.717) is 17.5 Å². The first-order valence-corrected chi connectivity index (χ1v) is 11.0. The van der Waals surface area contributed by atoms with E-state index in [1.54, 1.807) is 0 Å². The third kappa shape index (κ3) is 5.61. The predicted octanol–water partition coefficient (Wildman–Crippen LogP) is 4.23. The fourth-order valence-electron chi connectivity index (χ4n) is 4.07. The van der Waals surface area contributed by atoms with Gasteiger partial charge in [0.1, 0.15) is 0 Å². The zero-order valence-corrected chi connectivity index (χ0v) is 19.5. The maximum Gasteiger partial charge on any atom is 0.276 e. The van der Waals surface area contributed by atoms with Crippen molar-refractivity contribution in [2.24, 2.45) is 5.92 Å². The lowest BCUT2D eigenvalue weighted by Gasteiger charge is -2.31. The molecule has 2 heterocycles. The molecule has 1 N–H and O–H groups in total. The van der Waals surface area contributed by atoms with Crippen LogP contribution in [-0.2, 0) is 6.42 Å². The molecule has 0 unspecified atom stereocenters. The molecule has 166 valence electrons. The lowest BCUT2D eigenvalue weighted by Crippen LogP contribution is -2.39. The zero-order valence-electron chi connectivity index (χ0n) is 18.7. The van der Waals surface area contributed by atoms with Gasteiger partial charge in [-0.25, -0.2) is 4.68 Å². The number of hydrogen-bond donors (Lipinski definition) is 1. The number of likely N-dealkylation sites (tertiary alicyclic amines) is 1. The third-order valence-electron chi connectivity index (χ3n) is 5.94. The van der Waals surface area contributed by atoms with Gasteiger partial charge in [0, 0.05) is 13.1 Å². The molecule has 1 aromatic heterocycles. The van der Waals surface area contributed by atoms with Crippen molar-refractivity contribution >= 4 is 18.3 Å². The first-order chi connectivity index (χ1) is 14.0. The Morgan fingerprint density at radius 3 is 2.63 bits per heavy atom. The average molecular weight is 434 g/mol. The smallest absolute Gasteiger partial charge is 0.276 e. The summed E-state index contributed by atoms with van der Waals surface area (Å²) in [6, 6.07) is 8.38. The molecule has 0 spiro atoms. The monoisotopic (exact) mass is 433 g/mol. The molecule has 6 nitrogen and oxygen atoms in total. The Bertz CT molecular complexity index is 812. The van der Waals surface area contributed by atoms with E-state index in [1.165, 1.54) is 12.0 Å². The number of nitrogens with one attached hydrogen (secondary N) is 1. The van der Waals surface area contributed by atoms with E-state index < -0.39 is 0 Å². The molecule has 1 aliphatic rings. The van der Waals surface area contributed by atoms with Crippen LogP contribution < -0.4 is 5.32 Å². The minimum absolute atomic E-state index is 0. The molecule has 1 fully saturated rings. The van der Waals surface area contributed by atoms with Gasteiger partial charge in [-0.05, 0) is 68.8 Å². The number of nitrogens with zero attached hydrogens (tertiary/aromatic N) is 4. The van der Waals surface area contributed by atoms with Crippen molar-refractivity contribution in [3.63, 3.8) is 0 Å². The topological polar surface area (TPSA) is 63.1 Å².